The van der Waals surface area contributed by atoms with Gasteiger partial charge in [-0.05, 0) is 24.3 Å². The van der Waals surface area contributed by atoms with Crippen molar-refractivity contribution in [1.29, 1.82) is 5.26 Å². The molecule has 100 valence electrons. The predicted octanol–water partition coefficient (Wildman–Crippen LogP) is 3.83. The van der Waals surface area contributed by atoms with Crippen molar-refractivity contribution in [2.45, 2.75) is 5.92 Å². The van der Waals surface area contributed by atoms with Crippen molar-refractivity contribution in [3.05, 3.63) is 59.4 Å². The van der Waals surface area contributed by atoms with Crippen molar-refractivity contribution < 1.29 is 0 Å². The zero-order chi connectivity index (χ0) is 14.2. The Labute approximate surface area is 124 Å². The molecule has 0 unspecified atom stereocenters. The summed E-state index contributed by atoms with van der Waals surface area (Å²) in [7, 11) is 0. The lowest BCUT2D eigenvalue weighted by Crippen LogP contribution is -1.99. The lowest BCUT2D eigenvalue weighted by Gasteiger charge is -2.00. The number of H-pyrrole nitrogens is 1. The van der Waals surface area contributed by atoms with Gasteiger partial charge in [-0.2, -0.15) is 5.26 Å². The van der Waals surface area contributed by atoms with Gasteiger partial charge in [0.05, 0.1) is 27.3 Å². The second kappa shape index (κ2) is 4.69. The summed E-state index contributed by atoms with van der Waals surface area (Å²) in [5.74, 6) is 0.188. The number of thiazole rings is 1. The lowest BCUT2D eigenvalue weighted by molar-refractivity contribution is 0.925. The molecular formula is C16H10N4S. The van der Waals surface area contributed by atoms with E-state index in [2.05, 4.69) is 21.0 Å². The van der Waals surface area contributed by atoms with Crippen LogP contribution in [0.25, 0.3) is 21.3 Å². The first-order valence-electron chi connectivity index (χ1n) is 6.55. The van der Waals surface area contributed by atoms with Crippen molar-refractivity contribution in [3.8, 4) is 6.07 Å². The second-order valence-electron chi connectivity index (χ2n) is 4.72. The van der Waals surface area contributed by atoms with Crippen LogP contribution >= 0.6 is 11.3 Å². The van der Waals surface area contributed by atoms with Crippen LogP contribution in [0.15, 0.2) is 48.5 Å². The normalized spacial score (nSPS) is 12.5. The van der Waals surface area contributed by atoms with E-state index in [4.69, 9.17) is 0 Å². The van der Waals surface area contributed by atoms with Crippen molar-refractivity contribution in [1.82, 2.24) is 15.0 Å². The summed E-state index contributed by atoms with van der Waals surface area (Å²) < 4.78 is 1.09. The zero-order valence-corrected chi connectivity index (χ0v) is 11.8. The summed E-state index contributed by atoms with van der Waals surface area (Å²) in [6.45, 7) is 0. The zero-order valence-electron chi connectivity index (χ0n) is 10.9. The highest BCUT2D eigenvalue weighted by Gasteiger charge is 2.21. The van der Waals surface area contributed by atoms with Crippen LogP contribution in [-0.2, 0) is 0 Å². The Bertz CT molecular complexity index is 836. The fraction of sp³-hybridized carbons (Fsp3) is 0.0625. The molecule has 1 atom stereocenters. The highest BCUT2D eigenvalue weighted by Crippen LogP contribution is 2.30. The van der Waals surface area contributed by atoms with E-state index in [0.29, 0.717) is 5.82 Å². The van der Waals surface area contributed by atoms with Gasteiger partial charge in [-0.3, -0.25) is 0 Å². The first-order valence-corrected chi connectivity index (χ1v) is 7.36. The summed E-state index contributed by atoms with van der Waals surface area (Å²) in [6, 6.07) is 18.0. The number of nitrogens with one attached hydrogen (secondary N) is 1. The van der Waals surface area contributed by atoms with Crippen LogP contribution in [0.2, 0.25) is 0 Å². The van der Waals surface area contributed by atoms with Crippen LogP contribution in [0.3, 0.4) is 0 Å². The molecule has 1 N–H and O–H groups in total. The molecular weight excluding hydrogens is 280 g/mol. The van der Waals surface area contributed by atoms with Crippen LogP contribution in [0, 0.1) is 11.3 Å². The molecule has 0 fully saturated rings. The van der Waals surface area contributed by atoms with Crippen molar-refractivity contribution >= 4 is 32.6 Å². The average molecular weight is 290 g/mol. The molecule has 0 amide bonds. The van der Waals surface area contributed by atoms with Gasteiger partial charge in [0.25, 0.3) is 0 Å². The summed E-state index contributed by atoms with van der Waals surface area (Å²) in [6.07, 6.45) is 0. The molecule has 4 nitrogen and oxygen atoms in total. The Morgan fingerprint density at radius 1 is 1.00 bits per heavy atom. The van der Waals surface area contributed by atoms with Gasteiger partial charge in [-0.25, -0.2) is 9.97 Å². The summed E-state index contributed by atoms with van der Waals surface area (Å²) in [4.78, 5) is 12.3. The molecule has 5 heteroatoms. The summed E-state index contributed by atoms with van der Waals surface area (Å²) >= 11 is 1.54. The minimum absolute atomic E-state index is 0.463. The van der Waals surface area contributed by atoms with Gasteiger partial charge in [0.2, 0.25) is 0 Å². The molecule has 0 saturated heterocycles. The number of fused-ring (bicyclic) bond motifs is 2. The molecule has 4 rings (SSSR count). The molecule has 0 aliphatic carbocycles. The van der Waals surface area contributed by atoms with Gasteiger partial charge < -0.3 is 4.98 Å². The number of hydrogen-bond donors (Lipinski definition) is 1. The van der Waals surface area contributed by atoms with Crippen LogP contribution in [0.5, 0.6) is 0 Å². The topological polar surface area (TPSA) is 65.4 Å². The quantitative estimate of drug-likeness (QED) is 0.610. The highest BCUT2D eigenvalue weighted by molar-refractivity contribution is 7.18. The van der Waals surface area contributed by atoms with E-state index in [1.165, 1.54) is 0 Å². The number of rotatable bonds is 2. The molecule has 21 heavy (non-hydrogen) atoms. The number of benzene rings is 2. The van der Waals surface area contributed by atoms with Gasteiger partial charge in [0, 0.05) is 0 Å². The fourth-order valence-electron chi connectivity index (χ4n) is 2.36. The minimum atomic E-state index is -0.463. The molecule has 0 aliphatic rings. The molecule has 0 saturated carbocycles. The van der Waals surface area contributed by atoms with Crippen molar-refractivity contribution in [2.24, 2.45) is 0 Å². The van der Waals surface area contributed by atoms with E-state index in [0.717, 1.165) is 26.3 Å². The largest absolute Gasteiger partial charge is 0.340 e. The van der Waals surface area contributed by atoms with Crippen molar-refractivity contribution in [3.63, 3.8) is 0 Å². The minimum Gasteiger partial charge on any atom is -0.340 e. The lowest BCUT2D eigenvalue weighted by atomic mass is 10.2. The number of imidazole rings is 1. The standard InChI is InChI=1S/C16H10N4S/c17-9-10(15-18-11-5-1-2-6-12(11)19-15)16-20-13-7-3-4-8-14(13)21-16/h1-8,10H,(H,18,19)/t10-/m1/s1. The molecule has 0 aliphatic heterocycles. The molecule has 0 radical (unpaired) electrons. The maximum absolute atomic E-state index is 9.54. The number of para-hydroxylation sites is 3. The number of hydrogen-bond acceptors (Lipinski definition) is 4. The Morgan fingerprint density at radius 3 is 2.52 bits per heavy atom. The monoisotopic (exact) mass is 290 g/mol. The second-order valence-corrected chi connectivity index (χ2v) is 5.78. The molecule has 2 heterocycles. The Morgan fingerprint density at radius 2 is 1.76 bits per heavy atom. The maximum Gasteiger partial charge on any atom is 0.156 e. The molecule has 0 spiro atoms. The summed E-state index contributed by atoms with van der Waals surface area (Å²) in [5, 5.41) is 10.3. The van der Waals surface area contributed by atoms with Crippen LogP contribution < -0.4 is 0 Å². The van der Waals surface area contributed by atoms with Gasteiger partial charge in [0.15, 0.2) is 5.92 Å². The third kappa shape index (κ3) is 1.97. The van der Waals surface area contributed by atoms with E-state index < -0.39 is 5.92 Å². The first-order chi connectivity index (χ1) is 10.3. The van der Waals surface area contributed by atoms with Crippen LogP contribution in [-0.4, -0.2) is 15.0 Å². The molecule has 4 aromatic rings. The predicted molar refractivity (Wildman–Crippen MR) is 83.2 cm³/mol. The number of aromatic nitrogens is 3. The number of aromatic amines is 1. The van der Waals surface area contributed by atoms with Crippen LogP contribution in [0.4, 0.5) is 0 Å². The van der Waals surface area contributed by atoms with Gasteiger partial charge in [-0.15, -0.1) is 11.3 Å². The van der Waals surface area contributed by atoms with E-state index in [-0.39, 0.29) is 0 Å². The van der Waals surface area contributed by atoms with Gasteiger partial charge in [-0.1, -0.05) is 24.3 Å². The van der Waals surface area contributed by atoms with E-state index in [1.54, 1.807) is 11.3 Å². The Balaban J connectivity index is 1.85. The SMILES string of the molecule is N#C[C@H](c1nc2ccccc2[nH]1)c1nc2ccccc2s1. The molecule has 2 aromatic heterocycles. The maximum atomic E-state index is 9.54. The summed E-state index contributed by atoms with van der Waals surface area (Å²) in [5.41, 5.74) is 2.73. The fourth-order valence-corrected chi connectivity index (χ4v) is 3.37. The van der Waals surface area contributed by atoms with E-state index >= 15 is 0 Å². The van der Waals surface area contributed by atoms with E-state index in [1.807, 2.05) is 48.5 Å². The van der Waals surface area contributed by atoms with E-state index in [9.17, 15) is 5.26 Å². The van der Waals surface area contributed by atoms with Crippen molar-refractivity contribution in [2.75, 3.05) is 0 Å². The smallest absolute Gasteiger partial charge is 0.156 e. The van der Waals surface area contributed by atoms with Gasteiger partial charge in [0.1, 0.15) is 10.8 Å². The van der Waals surface area contributed by atoms with Gasteiger partial charge >= 0.3 is 0 Å². The average Bonchev–Trinajstić information content (AvgIpc) is 3.11. The molecule has 0 bridgehead atoms. The third-order valence-electron chi connectivity index (χ3n) is 3.37. The highest BCUT2D eigenvalue weighted by atomic mass is 32.1. The Kier molecular flexibility index (Phi) is 2.69. The number of nitrogens with zero attached hydrogens (tertiary/aromatic N) is 3. The first kappa shape index (κ1) is 12.1. The number of nitriles is 1. The third-order valence-corrected chi connectivity index (χ3v) is 4.47. The Hall–Kier alpha value is -2.71. The van der Waals surface area contributed by atoms with Crippen LogP contribution in [0.1, 0.15) is 16.7 Å². The molecule has 2 aromatic carbocycles.